The summed E-state index contributed by atoms with van der Waals surface area (Å²) in [6.45, 7) is 1.71. The molecule has 2 heterocycles. The van der Waals surface area contributed by atoms with Gasteiger partial charge in [-0.3, -0.25) is 14.5 Å². The molecule has 0 radical (unpaired) electrons. The van der Waals surface area contributed by atoms with Gasteiger partial charge in [-0.2, -0.15) is 0 Å². The highest BCUT2D eigenvalue weighted by molar-refractivity contribution is 6.21. The zero-order valence-corrected chi connectivity index (χ0v) is 14.3. The monoisotopic (exact) mass is 362 g/mol. The van der Waals surface area contributed by atoms with E-state index in [9.17, 15) is 14.4 Å². The molecule has 0 fully saturated rings. The van der Waals surface area contributed by atoms with Gasteiger partial charge in [0, 0.05) is 5.56 Å². The van der Waals surface area contributed by atoms with E-state index in [1.165, 1.54) is 12.1 Å². The second-order valence-corrected chi connectivity index (χ2v) is 6.15. The normalized spacial score (nSPS) is 13.1. The van der Waals surface area contributed by atoms with Crippen LogP contribution in [0, 0.1) is 6.92 Å². The largest absolute Gasteiger partial charge is 0.478 e. The number of oxazole rings is 1. The van der Waals surface area contributed by atoms with E-state index in [-0.39, 0.29) is 23.9 Å². The molecule has 7 heteroatoms. The maximum absolute atomic E-state index is 12.5. The van der Waals surface area contributed by atoms with Crippen molar-refractivity contribution in [3.63, 3.8) is 0 Å². The molecule has 0 saturated heterocycles. The van der Waals surface area contributed by atoms with Gasteiger partial charge in [0.1, 0.15) is 11.5 Å². The van der Waals surface area contributed by atoms with Crippen LogP contribution in [-0.4, -0.2) is 32.8 Å². The van der Waals surface area contributed by atoms with Crippen molar-refractivity contribution in [2.45, 2.75) is 13.5 Å². The zero-order valence-electron chi connectivity index (χ0n) is 14.3. The van der Waals surface area contributed by atoms with Crippen molar-refractivity contribution in [3.8, 4) is 11.5 Å². The summed E-state index contributed by atoms with van der Waals surface area (Å²) < 4.78 is 5.65. The third-order valence-electron chi connectivity index (χ3n) is 4.46. The number of imide groups is 1. The lowest BCUT2D eigenvalue weighted by atomic mass is 10.1. The fourth-order valence-corrected chi connectivity index (χ4v) is 2.99. The number of fused-ring (bicyclic) bond motifs is 1. The number of benzene rings is 2. The van der Waals surface area contributed by atoms with Crippen LogP contribution in [0.5, 0.6) is 0 Å². The minimum atomic E-state index is -1.02. The van der Waals surface area contributed by atoms with E-state index in [4.69, 9.17) is 9.52 Å². The molecular weight excluding hydrogens is 348 g/mol. The maximum atomic E-state index is 12.5. The number of aromatic nitrogens is 1. The van der Waals surface area contributed by atoms with E-state index < -0.39 is 5.97 Å². The summed E-state index contributed by atoms with van der Waals surface area (Å²) in [5, 5.41) is 8.97. The number of rotatable bonds is 4. The standard InChI is InChI=1S/C20H14N2O5/c1-11-16(10-22-18(23)14-4-2-3-5-15(14)19(22)24)21-17(27-11)12-6-8-13(9-7-12)20(25)26/h2-9H,10H2,1H3,(H,25,26). The predicted molar refractivity (Wildman–Crippen MR) is 94.3 cm³/mol. The number of aryl methyl sites for hydroxylation is 1. The zero-order chi connectivity index (χ0) is 19.1. The van der Waals surface area contributed by atoms with Gasteiger partial charge in [0.05, 0.1) is 23.2 Å². The van der Waals surface area contributed by atoms with E-state index in [0.29, 0.717) is 34.0 Å². The van der Waals surface area contributed by atoms with Crippen molar-refractivity contribution in [2.75, 3.05) is 0 Å². The van der Waals surface area contributed by atoms with Crippen molar-refractivity contribution in [1.82, 2.24) is 9.88 Å². The molecule has 0 atom stereocenters. The summed E-state index contributed by atoms with van der Waals surface area (Å²) >= 11 is 0. The Morgan fingerprint density at radius 1 is 1.04 bits per heavy atom. The molecule has 0 bridgehead atoms. The molecule has 1 aliphatic heterocycles. The molecule has 0 unspecified atom stereocenters. The molecule has 0 saturated carbocycles. The molecule has 0 spiro atoms. The van der Waals surface area contributed by atoms with Gasteiger partial charge in [0.25, 0.3) is 11.8 Å². The number of nitrogens with zero attached hydrogens (tertiary/aromatic N) is 2. The van der Waals surface area contributed by atoms with E-state index in [1.807, 2.05) is 0 Å². The first kappa shape index (κ1) is 16.7. The average Bonchev–Trinajstić information content (AvgIpc) is 3.15. The number of amides is 2. The molecule has 2 aromatic carbocycles. The summed E-state index contributed by atoms with van der Waals surface area (Å²) in [6.07, 6.45) is 0. The van der Waals surface area contributed by atoms with Crippen LogP contribution >= 0.6 is 0 Å². The Balaban J connectivity index is 1.60. The van der Waals surface area contributed by atoms with Gasteiger partial charge in [-0.15, -0.1) is 0 Å². The van der Waals surface area contributed by atoms with Crippen LogP contribution in [0.1, 0.15) is 42.5 Å². The summed E-state index contributed by atoms with van der Waals surface area (Å²) in [5.41, 5.74) is 2.01. The first-order valence-corrected chi connectivity index (χ1v) is 8.21. The smallest absolute Gasteiger partial charge is 0.335 e. The number of hydrogen-bond donors (Lipinski definition) is 1. The molecule has 7 nitrogen and oxygen atoms in total. The van der Waals surface area contributed by atoms with Crippen LogP contribution in [0.3, 0.4) is 0 Å². The van der Waals surface area contributed by atoms with Crippen molar-refractivity contribution in [1.29, 1.82) is 0 Å². The fraction of sp³-hybridized carbons (Fsp3) is 0.100. The van der Waals surface area contributed by atoms with Crippen molar-refractivity contribution in [3.05, 3.63) is 76.7 Å². The lowest BCUT2D eigenvalue weighted by molar-refractivity contribution is 0.0637. The second kappa shape index (κ2) is 6.21. The third kappa shape index (κ3) is 2.79. The van der Waals surface area contributed by atoms with E-state index in [1.54, 1.807) is 43.3 Å². The molecule has 1 aromatic heterocycles. The van der Waals surface area contributed by atoms with Gasteiger partial charge >= 0.3 is 5.97 Å². The van der Waals surface area contributed by atoms with Gasteiger partial charge in [0.2, 0.25) is 5.89 Å². The molecule has 0 aliphatic carbocycles. The van der Waals surface area contributed by atoms with E-state index in [0.717, 1.165) is 4.90 Å². The lowest BCUT2D eigenvalue weighted by Crippen LogP contribution is -2.29. The van der Waals surface area contributed by atoms with Crippen LogP contribution in [0.2, 0.25) is 0 Å². The molecule has 134 valence electrons. The summed E-state index contributed by atoms with van der Waals surface area (Å²) in [6, 6.07) is 12.8. The lowest BCUT2D eigenvalue weighted by Gasteiger charge is -2.11. The van der Waals surface area contributed by atoms with Crippen molar-refractivity contribution >= 4 is 17.8 Å². The Kier molecular flexibility index (Phi) is 3.84. The van der Waals surface area contributed by atoms with Crippen LogP contribution in [0.15, 0.2) is 52.9 Å². The Hall–Kier alpha value is -3.74. The number of carbonyl (C=O) groups is 3. The summed E-state index contributed by atoms with van der Waals surface area (Å²) in [5.74, 6) is -0.938. The van der Waals surface area contributed by atoms with Gasteiger partial charge in [-0.05, 0) is 43.3 Å². The Morgan fingerprint density at radius 2 is 1.63 bits per heavy atom. The van der Waals surface area contributed by atoms with E-state index in [2.05, 4.69) is 4.98 Å². The SMILES string of the molecule is Cc1oc(-c2ccc(C(=O)O)cc2)nc1CN1C(=O)c2ccccc2C1=O. The number of hydrogen-bond acceptors (Lipinski definition) is 5. The summed E-state index contributed by atoms with van der Waals surface area (Å²) in [4.78, 5) is 41.5. The number of carboxylic acids is 1. The predicted octanol–water partition coefficient (Wildman–Crippen LogP) is 3.14. The maximum Gasteiger partial charge on any atom is 0.335 e. The number of aromatic carboxylic acids is 1. The highest BCUT2D eigenvalue weighted by atomic mass is 16.4. The van der Waals surface area contributed by atoms with Crippen LogP contribution in [0.4, 0.5) is 0 Å². The van der Waals surface area contributed by atoms with Crippen LogP contribution in [0.25, 0.3) is 11.5 Å². The van der Waals surface area contributed by atoms with Crippen molar-refractivity contribution in [2.24, 2.45) is 0 Å². The van der Waals surface area contributed by atoms with Crippen LogP contribution in [-0.2, 0) is 6.54 Å². The van der Waals surface area contributed by atoms with Gasteiger partial charge in [0.15, 0.2) is 0 Å². The average molecular weight is 362 g/mol. The highest BCUT2D eigenvalue weighted by Crippen LogP contribution is 2.27. The molecular formula is C20H14N2O5. The molecule has 3 aromatic rings. The van der Waals surface area contributed by atoms with Crippen LogP contribution < -0.4 is 0 Å². The number of carbonyl (C=O) groups excluding carboxylic acids is 2. The van der Waals surface area contributed by atoms with Crippen molar-refractivity contribution < 1.29 is 23.9 Å². The van der Waals surface area contributed by atoms with E-state index >= 15 is 0 Å². The molecule has 27 heavy (non-hydrogen) atoms. The second-order valence-electron chi connectivity index (χ2n) is 6.15. The fourth-order valence-electron chi connectivity index (χ4n) is 2.99. The van der Waals surface area contributed by atoms with Gasteiger partial charge in [-0.1, -0.05) is 12.1 Å². The topological polar surface area (TPSA) is 101 Å². The Labute approximate surface area is 153 Å². The summed E-state index contributed by atoms with van der Waals surface area (Å²) in [7, 11) is 0. The highest BCUT2D eigenvalue weighted by Gasteiger charge is 2.36. The first-order chi connectivity index (χ1) is 13.0. The minimum absolute atomic E-state index is 0.00882. The molecule has 1 N–H and O–H groups in total. The quantitative estimate of drug-likeness (QED) is 0.716. The molecule has 4 rings (SSSR count). The third-order valence-corrected chi connectivity index (χ3v) is 4.46. The molecule has 2 amide bonds. The number of carboxylic acid groups (broad SMARTS) is 1. The van der Waals surface area contributed by atoms with Gasteiger partial charge in [-0.25, -0.2) is 9.78 Å². The van der Waals surface area contributed by atoms with Gasteiger partial charge < -0.3 is 9.52 Å². The first-order valence-electron chi connectivity index (χ1n) is 8.21. The Bertz CT molecular complexity index is 1050. The molecule has 1 aliphatic rings. The Morgan fingerprint density at radius 3 is 2.19 bits per heavy atom. The minimum Gasteiger partial charge on any atom is -0.478 e.